The predicted molar refractivity (Wildman–Crippen MR) is 131 cm³/mol. The molecule has 1 aromatic heterocycles. The molecule has 1 aromatic rings. The standard InChI is InChI=1S/C3H6N6.6C3H6O/c4-1-7-2(5)9-3(6)8-1;6*1-2-3-4/h(H6,4,5,6,7,8,9);6*3H,2H2,1H3. The van der Waals surface area contributed by atoms with Crippen molar-refractivity contribution in [3.05, 3.63) is 0 Å². The second-order valence-electron chi connectivity index (χ2n) is 4.86. The first kappa shape index (κ1) is 43.3. The zero-order valence-corrected chi connectivity index (χ0v) is 20.7. The number of rotatable bonds is 6. The molecule has 1 rings (SSSR count). The molecule has 0 spiro atoms. The van der Waals surface area contributed by atoms with Gasteiger partial charge in [0.2, 0.25) is 17.8 Å². The van der Waals surface area contributed by atoms with Gasteiger partial charge in [0.15, 0.2) is 0 Å². The highest BCUT2D eigenvalue weighted by atomic mass is 16.1. The average Bonchev–Trinajstić information content (AvgIpc) is 2.84. The number of nitrogens with zero attached hydrogens (tertiary/aromatic N) is 3. The Morgan fingerprint density at radius 2 is 0.515 bits per heavy atom. The Labute approximate surface area is 197 Å². The molecule has 0 aliphatic rings. The number of nitrogens with two attached hydrogens (primary N) is 3. The molecular weight excluding hydrogens is 432 g/mol. The van der Waals surface area contributed by atoms with Crippen LogP contribution in [0, 0.1) is 0 Å². The van der Waals surface area contributed by atoms with E-state index in [2.05, 4.69) is 15.0 Å². The maximum Gasteiger partial charge on any atom is 0.226 e. The van der Waals surface area contributed by atoms with Gasteiger partial charge in [0, 0.05) is 38.5 Å². The summed E-state index contributed by atoms with van der Waals surface area (Å²) in [4.78, 5) is 65.5. The van der Waals surface area contributed by atoms with Crippen LogP contribution in [0.5, 0.6) is 0 Å². The van der Waals surface area contributed by atoms with Crippen molar-refractivity contribution in [2.45, 2.75) is 80.1 Å². The number of hydrogen-bond acceptors (Lipinski definition) is 12. The lowest BCUT2D eigenvalue weighted by molar-refractivity contribution is -0.108. The number of anilines is 3. The van der Waals surface area contributed by atoms with Crippen LogP contribution < -0.4 is 17.2 Å². The van der Waals surface area contributed by atoms with Crippen molar-refractivity contribution >= 4 is 55.6 Å². The SMILES string of the molecule is CCC=O.CCC=O.CCC=O.CCC=O.CCC=O.CCC=O.Nc1nc(N)nc(N)n1. The Morgan fingerprint density at radius 1 is 0.424 bits per heavy atom. The minimum atomic E-state index is 0.0417. The van der Waals surface area contributed by atoms with Gasteiger partial charge in [0.25, 0.3) is 0 Å². The third-order valence-corrected chi connectivity index (χ3v) is 1.69. The fourth-order valence-electron chi connectivity index (χ4n) is 0.427. The lowest BCUT2D eigenvalue weighted by atomic mass is 10.6. The lowest BCUT2D eigenvalue weighted by Crippen LogP contribution is -2.05. The van der Waals surface area contributed by atoms with Crippen LogP contribution in [-0.2, 0) is 28.8 Å². The number of carbonyl (C=O) groups is 6. The van der Waals surface area contributed by atoms with E-state index >= 15 is 0 Å². The third kappa shape index (κ3) is 95.4. The highest BCUT2D eigenvalue weighted by molar-refractivity contribution is 5.49. The Kier molecular flexibility index (Phi) is 67.3. The van der Waals surface area contributed by atoms with Gasteiger partial charge >= 0.3 is 0 Å². The van der Waals surface area contributed by atoms with Crippen molar-refractivity contribution in [1.29, 1.82) is 0 Å². The first-order valence-corrected chi connectivity index (χ1v) is 10.3. The smallest absolute Gasteiger partial charge is 0.226 e. The molecule has 0 aliphatic carbocycles. The van der Waals surface area contributed by atoms with Gasteiger partial charge in [-0.15, -0.1) is 0 Å². The van der Waals surface area contributed by atoms with Crippen molar-refractivity contribution in [2.75, 3.05) is 17.2 Å². The average molecular weight is 475 g/mol. The van der Waals surface area contributed by atoms with Gasteiger partial charge in [-0.2, -0.15) is 15.0 Å². The molecule has 0 fully saturated rings. The lowest BCUT2D eigenvalue weighted by Gasteiger charge is -1.93. The normalized spacial score (nSPS) is 7.09. The molecule has 0 saturated heterocycles. The van der Waals surface area contributed by atoms with Gasteiger partial charge in [-0.3, -0.25) is 0 Å². The summed E-state index contributed by atoms with van der Waals surface area (Å²) in [6.45, 7) is 10.9. The van der Waals surface area contributed by atoms with E-state index in [-0.39, 0.29) is 17.8 Å². The van der Waals surface area contributed by atoms with E-state index in [1.807, 2.05) is 41.5 Å². The topological polar surface area (TPSA) is 219 Å². The minimum Gasteiger partial charge on any atom is -0.368 e. The molecule has 0 unspecified atom stereocenters. The number of hydrogen-bond donors (Lipinski definition) is 3. The van der Waals surface area contributed by atoms with Crippen LogP contribution in [0.15, 0.2) is 0 Å². The first-order chi connectivity index (χ1) is 15.7. The second kappa shape index (κ2) is 51.2. The summed E-state index contributed by atoms with van der Waals surface area (Å²) in [7, 11) is 0. The van der Waals surface area contributed by atoms with E-state index in [0.29, 0.717) is 38.5 Å². The summed E-state index contributed by atoms with van der Waals surface area (Å²) in [5.74, 6) is 0.125. The highest BCUT2D eigenvalue weighted by Gasteiger charge is 1.93. The summed E-state index contributed by atoms with van der Waals surface area (Å²) in [6, 6.07) is 0. The maximum atomic E-state index is 9.17. The van der Waals surface area contributed by atoms with Crippen molar-refractivity contribution in [2.24, 2.45) is 0 Å². The molecule has 0 amide bonds. The molecular formula is C21H42N6O6. The molecule has 12 nitrogen and oxygen atoms in total. The van der Waals surface area contributed by atoms with E-state index < -0.39 is 0 Å². The monoisotopic (exact) mass is 474 g/mol. The summed E-state index contributed by atoms with van der Waals surface area (Å²) >= 11 is 0. The number of nitrogen functional groups attached to an aromatic ring is 3. The van der Waals surface area contributed by atoms with Crippen molar-refractivity contribution in [3.8, 4) is 0 Å². The van der Waals surface area contributed by atoms with Crippen LogP contribution in [0.2, 0.25) is 0 Å². The zero-order valence-electron chi connectivity index (χ0n) is 20.7. The van der Waals surface area contributed by atoms with E-state index in [1.165, 1.54) is 0 Å². The van der Waals surface area contributed by atoms with Crippen LogP contribution >= 0.6 is 0 Å². The van der Waals surface area contributed by atoms with Crippen molar-refractivity contribution in [1.82, 2.24) is 15.0 Å². The van der Waals surface area contributed by atoms with Crippen LogP contribution in [0.3, 0.4) is 0 Å². The summed E-state index contributed by atoms with van der Waals surface area (Å²) < 4.78 is 0. The van der Waals surface area contributed by atoms with Gasteiger partial charge < -0.3 is 46.0 Å². The quantitative estimate of drug-likeness (QED) is 0.505. The molecule has 0 saturated carbocycles. The van der Waals surface area contributed by atoms with E-state index in [4.69, 9.17) is 17.2 Å². The molecule has 0 aromatic carbocycles. The number of aldehydes is 6. The van der Waals surface area contributed by atoms with Gasteiger partial charge in [-0.05, 0) is 0 Å². The van der Waals surface area contributed by atoms with E-state index in [9.17, 15) is 28.8 Å². The predicted octanol–water partition coefficient (Wildman–Crippen LogP) is 2.19. The number of carbonyl (C=O) groups excluding carboxylic acids is 6. The van der Waals surface area contributed by atoms with Gasteiger partial charge in [-0.25, -0.2) is 0 Å². The molecule has 33 heavy (non-hydrogen) atoms. The van der Waals surface area contributed by atoms with Crippen LogP contribution in [0.4, 0.5) is 17.8 Å². The van der Waals surface area contributed by atoms with Gasteiger partial charge in [0.1, 0.15) is 37.7 Å². The van der Waals surface area contributed by atoms with Gasteiger partial charge in [-0.1, -0.05) is 41.5 Å². The van der Waals surface area contributed by atoms with Crippen LogP contribution in [0.25, 0.3) is 0 Å². The van der Waals surface area contributed by atoms with Crippen LogP contribution in [0.1, 0.15) is 80.1 Å². The first-order valence-electron chi connectivity index (χ1n) is 10.3. The largest absolute Gasteiger partial charge is 0.368 e. The van der Waals surface area contributed by atoms with E-state index in [1.54, 1.807) is 0 Å². The fourth-order valence-corrected chi connectivity index (χ4v) is 0.427. The van der Waals surface area contributed by atoms with Crippen LogP contribution in [-0.4, -0.2) is 52.7 Å². The molecule has 0 atom stereocenters. The molecule has 6 N–H and O–H groups in total. The second-order valence-corrected chi connectivity index (χ2v) is 4.86. The Balaban J connectivity index is -0.0000000672. The van der Waals surface area contributed by atoms with E-state index in [0.717, 1.165) is 37.7 Å². The van der Waals surface area contributed by atoms with Gasteiger partial charge in [0.05, 0.1) is 0 Å². The molecule has 12 heteroatoms. The zero-order chi connectivity index (χ0) is 27.3. The fraction of sp³-hybridized carbons (Fsp3) is 0.571. The van der Waals surface area contributed by atoms with Crippen molar-refractivity contribution < 1.29 is 28.8 Å². The summed E-state index contributed by atoms with van der Waals surface area (Å²) in [6.07, 6.45) is 9.08. The highest BCUT2D eigenvalue weighted by Crippen LogP contribution is 1.97. The third-order valence-electron chi connectivity index (χ3n) is 1.69. The Bertz CT molecular complexity index is 448. The molecule has 0 bridgehead atoms. The summed E-state index contributed by atoms with van der Waals surface area (Å²) in [5, 5.41) is 0. The molecule has 1 heterocycles. The molecule has 192 valence electrons. The Morgan fingerprint density at radius 3 is 0.576 bits per heavy atom. The minimum absolute atomic E-state index is 0.0417. The maximum absolute atomic E-state index is 9.17. The Hall–Kier alpha value is -3.57. The number of aromatic nitrogens is 3. The summed E-state index contributed by atoms with van der Waals surface area (Å²) in [5.41, 5.74) is 15.4. The molecule has 0 radical (unpaired) electrons. The molecule has 0 aliphatic heterocycles. The van der Waals surface area contributed by atoms with Crippen molar-refractivity contribution in [3.63, 3.8) is 0 Å².